The normalized spacial score (nSPS) is 11.3. The third-order valence-electron chi connectivity index (χ3n) is 3.08. The lowest BCUT2D eigenvalue weighted by molar-refractivity contribution is -0.116. The zero-order valence-electron chi connectivity index (χ0n) is 11.9. The highest BCUT2D eigenvalue weighted by atomic mass is 35.5. The first-order chi connectivity index (χ1) is 10.8. The average Bonchev–Trinajstić information content (AvgIpc) is 2.45. The molecule has 1 amide bonds. The number of anilines is 1. The maximum absolute atomic E-state index is 12.0. The maximum atomic E-state index is 12.0. The van der Waals surface area contributed by atoms with Crippen LogP contribution in [0.15, 0.2) is 47.4 Å². The van der Waals surface area contributed by atoms with E-state index in [4.69, 9.17) is 28.3 Å². The van der Waals surface area contributed by atoms with Crippen molar-refractivity contribution >= 4 is 44.8 Å². The number of amides is 1. The van der Waals surface area contributed by atoms with E-state index in [1.807, 2.05) is 0 Å². The van der Waals surface area contributed by atoms with Crippen LogP contribution >= 0.6 is 23.2 Å². The largest absolute Gasteiger partial charge is 0.326 e. The average molecular weight is 373 g/mol. The highest BCUT2D eigenvalue weighted by Gasteiger charge is 2.10. The van der Waals surface area contributed by atoms with E-state index in [0.717, 1.165) is 5.56 Å². The van der Waals surface area contributed by atoms with Crippen LogP contribution in [0.2, 0.25) is 10.0 Å². The van der Waals surface area contributed by atoms with Crippen LogP contribution in [0.5, 0.6) is 0 Å². The number of nitrogens with two attached hydrogens (primary N) is 1. The molecule has 0 aliphatic carbocycles. The number of primary sulfonamides is 1. The number of hydrogen-bond donors (Lipinski definition) is 2. The molecule has 0 saturated carbocycles. The first kappa shape index (κ1) is 17.7. The van der Waals surface area contributed by atoms with Gasteiger partial charge in [-0.1, -0.05) is 35.3 Å². The monoisotopic (exact) mass is 372 g/mol. The van der Waals surface area contributed by atoms with Crippen molar-refractivity contribution in [2.75, 3.05) is 5.32 Å². The first-order valence-electron chi connectivity index (χ1n) is 6.62. The summed E-state index contributed by atoms with van der Waals surface area (Å²) in [7, 11) is -3.81. The van der Waals surface area contributed by atoms with Crippen LogP contribution in [-0.2, 0) is 21.2 Å². The lowest BCUT2D eigenvalue weighted by atomic mass is 10.1. The Morgan fingerprint density at radius 3 is 2.52 bits per heavy atom. The number of rotatable bonds is 5. The van der Waals surface area contributed by atoms with Crippen molar-refractivity contribution in [2.24, 2.45) is 5.14 Å². The van der Waals surface area contributed by atoms with Gasteiger partial charge >= 0.3 is 0 Å². The molecule has 0 aliphatic heterocycles. The topological polar surface area (TPSA) is 89.3 Å². The third-order valence-corrected chi connectivity index (χ3v) is 4.58. The van der Waals surface area contributed by atoms with Gasteiger partial charge in [0.2, 0.25) is 15.9 Å². The summed E-state index contributed by atoms with van der Waals surface area (Å²) in [5.41, 5.74) is 1.17. The maximum Gasteiger partial charge on any atom is 0.238 e. The molecule has 0 aromatic heterocycles. The molecular weight excluding hydrogens is 359 g/mol. The summed E-state index contributed by atoms with van der Waals surface area (Å²) in [5, 5.41) is 8.71. The number of aryl methyl sites for hydroxylation is 1. The molecule has 2 rings (SSSR count). The van der Waals surface area contributed by atoms with Gasteiger partial charge in [-0.3, -0.25) is 4.79 Å². The third kappa shape index (κ3) is 5.21. The Hall–Kier alpha value is -1.60. The second-order valence-corrected chi connectivity index (χ2v) is 7.26. The van der Waals surface area contributed by atoms with E-state index in [-0.39, 0.29) is 17.2 Å². The number of carbonyl (C=O) groups is 1. The quantitative estimate of drug-likeness (QED) is 0.843. The first-order valence-corrected chi connectivity index (χ1v) is 8.92. The fourth-order valence-corrected chi connectivity index (χ4v) is 3.01. The van der Waals surface area contributed by atoms with Crippen LogP contribution < -0.4 is 10.5 Å². The van der Waals surface area contributed by atoms with E-state index in [1.165, 1.54) is 18.2 Å². The minimum atomic E-state index is -3.81. The molecule has 0 radical (unpaired) electrons. The second kappa shape index (κ2) is 7.31. The molecule has 0 atom stereocenters. The van der Waals surface area contributed by atoms with Gasteiger partial charge in [-0.05, 0) is 42.3 Å². The van der Waals surface area contributed by atoms with Gasteiger partial charge in [-0.2, -0.15) is 0 Å². The molecule has 8 heteroatoms. The molecule has 0 bridgehead atoms. The smallest absolute Gasteiger partial charge is 0.238 e. The van der Waals surface area contributed by atoms with Crippen molar-refractivity contribution < 1.29 is 13.2 Å². The van der Waals surface area contributed by atoms with Gasteiger partial charge < -0.3 is 5.32 Å². The Morgan fingerprint density at radius 1 is 1.13 bits per heavy atom. The summed E-state index contributed by atoms with van der Waals surface area (Å²) in [6.45, 7) is 0. The summed E-state index contributed by atoms with van der Waals surface area (Å²) in [5.74, 6) is -0.261. The Balaban J connectivity index is 2.00. The minimum Gasteiger partial charge on any atom is -0.326 e. The Labute approximate surface area is 144 Å². The lowest BCUT2D eigenvalue weighted by Crippen LogP contribution is -2.15. The number of carbonyl (C=O) groups excluding carboxylic acids is 1. The lowest BCUT2D eigenvalue weighted by Gasteiger charge is -2.08. The molecule has 122 valence electrons. The summed E-state index contributed by atoms with van der Waals surface area (Å²) >= 11 is 11.9. The van der Waals surface area contributed by atoms with Crippen molar-refractivity contribution in [1.29, 1.82) is 0 Å². The Bertz CT molecular complexity index is 838. The fourth-order valence-electron chi connectivity index (χ4n) is 1.95. The van der Waals surface area contributed by atoms with Crippen LogP contribution in [-0.4, -0.2) is 14.3 Å². The van der Waals surface area contributed by atoms with Gasteiger partial charge in [0.15, 0.2) is 0 Å². The minimum absolute atomic E-state index is 0.0592. The van der Waals surface area contributed by atoms with Crippen LogP contribution in [0.4, 0.5) is 5.69 Å². The summed E-state index contributed by atoms with van der Waals surface area (Å²) in [6, 6.07) is 10.8. The van der Waals surface area contributed by atoms with Crippen molar-refractivity contribution in [3.63, 3.8) is 0 Å². The van der Waals surface area contributed by atoms with E-state index in [1.54, 1.807) is 24.3 Å². The zero-order chi connectivity index (χ0) is 17.0. The molecule has 0 heterocycles. The van der Waals surface area contributed by atoms with Crippen LogP contribution in [0.3, 0.4) is 0 Å². The van der Waals surface area contributed by atoms with E-state index >= 15 is 0 Å². The van der Waals surface area contributed by atoms with Crippen LogP contribution in [0.1, 0.15) is 12.0 Å². The number of halogens is 2. The predicted molar refractivity (Wildman–Crippen MR) is 91.2 cm³/mol. The van der Waals surface area contributed by atoms with Crippen LogP contribution in [0.25, 0.3) is 0 Å². The van der Waals surface area contributed by atoms with Crippen LogP contribution in [0, 0.1) is 0 Å². The van der Waals surface area contributed by atoms with Crippen molar-refractivity contribution in [1.82, 2.24) is 0 Å². The standard InChI is InChI=1S/C15H14Cl2N2O3S/c16-11-6-4-10(14(17)8-11)5-7-15(20)19-12-2-1-3-13(9-12)23(18,21)22/h1-4,6,8-9H,5,7H2,(H,19,20)(H2,18,21,22). The molecule has 2 aromatic carbocycles. The fraction of sp³-hybridized carbons (Fsp3) is 0.133. The number of hydrogen-bond acceptors (Lipinski definition) is 3. The number of benzene rings is 2. The molecular formula is C15H14Cl2N2O3S. The van der Waals surface area contributed by atoms with Gasteiger partial charge in [-0.15, -0.1) is 0 Å². The Morgan fingerprint density at radius 2 is 1.87 bits per heavy atom. The predicted octanol–water partition coefficient (Wildman–Crippen LogP) is 3.21. The van der Waals surface area contributed by atoms with Crippen molar-refractivity contribution in [3.8, 4) is 0 Å². The molecule has 0 fully saturated rings. The van der Waals surface area contributed by atoms with Crippen molar-refractivity contribution in [2.45, 2.75) is 17.7 Å². The summed E-state index contributed by atoms with van der Waals surface area (Å²) < 4.78 is 22.6. The molecule has 0 unspecified atom stereocenters. The van der Waals surface area contributed by atoms with Gasteiger partial charge in [0, 0.05) is 22.2 Å². The Kier molecular flexibility index (Phi) is 5.64. The van der Waals surface area contributed by atoms with E-state index < -0.39 is 10.0 Å². The number of nitrogens with one attached hydrogen (secondary N) is 1. The van der Waals surface area contributed by atoms with Gasteiger partial charge in [0.25, 0.3) is 0 Å². The molecule has 3 N–H and O–H groups in total. The van der Waals surface area contributed by atoms with E-state index in [9.17, 15) is 13.2 Å². The number of sulfonamides is 1. The molecule has 0 aliphatic rings. The van der Waals surface area contributed by atoms with Gasteiger partial charge in [0.1, 0.15) is 0 Å². The SMILES string of the molecule is NS(=O)(=O)c1cccc(NC(=O)CCc2ccc(Cl)cc2Cl)c1. The van der Waals surface area contributed by atoms with Gasteiger partial charge in [0.05, 0.1) is 4.90 Å². The highest BCUT2D eigenvalue weighted by molar-refractivity contribution is 7.89. The highest BCUT2D eigenvalue weighted by Crippen LogP contribution is 2.22. The van der Waals surface area contributed by atoms with Crippen molar-refractivity contribution in [3.05, 3.63) is 58.1 Å². The molecule has 5 nitrogen and oxygen atoms in total. The molecule has 23 heavy (non-hydrogen) atoms. The molecule has 0 saturated heterocycles. The molecule has 0 spiro atoms. The van der Waals surface area contributed by atoms with Gasteiger partial charge in [-0.25, -0.2) is 13.6 Å². The van der Waals surface area contributed by atoms with E-state index in [0.29, 0.717) is 22.2 Å². The molecule has 2 aromatic rings. The zero-order valence-corrected chi connectivity index (χ0v) is 14.3. The van der Waals surface area contributed by atoms with E-state index in [2.05, 4.69) is 5.32 Å². The summed E-state index contributed by atoms with van der Waals surface area (Å²) in [6.07, 6.45) is 0.637. The second-order valence-electron chi connectivity index (χ2n) is 4.86. The summed E-state index contributed by atoms with van der Waals surface area (Å²) in [4.78, 5) is 11.9.